The molecule has 1 aromatic carbocycles. The number of rotatable bonds is 3. The number of hydrogen-bond donors (Lipinski definition) is 1. The van der Waals surface area contributed by atoms with Crippen LogP contribution in [-0.4, -0.2) is 43.6 Å². The molecule has 0 bridgehead atoms. The predicted octanol–water partition coefficient (Wildman–Crippen LogP) is 1.17. The van der Waals surface area contributed by atoms with E-state index >= 15 is 0 Å². The number of benzene rings is 1. The first-order valence-corrected chi connectivity index (χ1v) is 6.23. The van der Waals surface area contributed by atoms with Crippen LogP contribution in [0.15, 0.2) is 18.2 Å². The van der Waals surface area contributed by atoms with Crippen molar-refractivity contribution in [2.24, 2.45) is 0 Å². The molecule has 1 fully saturated rings. The monoisotopic (exact) mass is 270 g/mol. The lowest BCUT2D eigenvalue weighted by Gasteiger charge is -2.19. The van der Waals surface area contributed by atoms with Crippen molar-refractivity contribution < 1.29 is 18.3 Å². The minimum Gasteiger partial charge on any atom is -0.484 e. The van der Waals surface area contributed by atoms with Crippen molar-refractivity contribution in [3.05, 3.63) is 29.8 Å². The van der Waals surface area contributed by atoms with E-state index in [0.29, 0.717) is 13.1 Å². The van der Waals surface area contributed by atoms with Crippen LogP contribution < -0.4 is 10.1 Å². The molecule has 0 spiro atoms. The molecule has 6 heteroatoms. The van der Waals surface area contributed by atoms with E-state index in [4.69, 9.17) is 4.74 Å². The molecule has 1 N–H and O–H groups in total. The van der Waals surface area contributed by atoms with Crippen LogP contribution >= 0.6 is 0 Å². The van der Waals surface area contributed by atoms with E-state index in [9.17, 15) is 13.6 Å². The lowest BCUT2D eigenvalue weighted by molar-refractivity contribution is -0.133. The number of nitrogens with one attached hydrogen (secondary N) is 1. The van der Waals surface area contributed by atoms with Crippen molar-refractivity contribution in [1.82, 2.24) is 10.2 Å². The van der Waals surface area contributed by atoms with Crippen molar-refractivity contribution >= 4 is 5.91 Å². The second kappa shape index (κ2) is 6.47. The standard InChI is InChI=1S/C13H16F2N2O2/c14-11-3-2-10(8-12(11)15)19-9-13(18)17-6-1-4-16-5-7-17/h2-3,8,16H,1,4-7,9H2. The molecule has 0 unspecified atom stereocenters. The summed E-state index contributed by atoms with van der Waals surface area (Å²) in [4.78, 5) is 13.6. The molecule has 0 atom stereocenters. The number of carbonyl (C=O) groups is 1. The Morgan fingerprint density at radius 1 is 1.26 bits per heavy atom. The molecule has 1 saturated heterocycles. The predicted molar refractivity (Wildman–Crippen MR) is 65.9 cm³/mol. The minimum absolute atomic E-state index is 0.145. The molecule has 104 valence electrons. The summed E-state index contributed by atoms with van der Waals surface area (Å²) in [5.41, 5.74) is 0. The molecule has 0 aliphatic carbocycles. The van der Waals surface area contributed by atoms with E-state index in [-0.39, 0.29) is 18.3 Å². The molecule has 19 heavy (non-hydrogen) atoms. The lowest BCUT2D eigenvalue weighted by Crippen LogP contribution is -2.37. The summed E-state index contributed by atoms with van der Waals surface area (Å²) >= 11 is 0. The van der Waals surface area contributed by atoms with Gasteiger partial charge in [-0.05, 0) is 25.1 Å². The van der Waals surface area contributed by atoms with E-state index < -0.39 is 11.6 Å². The normalized spacial score (nSPS) is 16.0. The van der Waals surface area contributed by atoms with Gasteiger partial charge in [0.1, 0.15) is 5.75 Å². The SMILES string of the molecule is O=C(COc1ccc(F)c(F)c1)N1CCCNCC1. The average molecular weight is 270 g/mol. The van der Waals surface area contributed by atoms with Crippen molar-refractivity contribution in [3.63, 3.8) is 0 Å². The molecule has 1 aliphatic heterocycles. The highest BCUT2D eigenvalue weighted by atomic mass is 19.2. The Balaban J connectivity index is 1.86. The van der Waals surface area contributed by atoms with Gasteiger partial charge in [-0.25, -0.2) is 8.78 Å². The Kier molecular flexibility index (Phi) is 4.68. The van der Waals surface area contributed by atoms with Gasteiger partial charge in [0.05, 0.1) is 0 Å². The average Bonchev–Trinajstić information content (AvgIpc) is 2.69. The first-order chi connectivity index (χ1) is 9.16. The highest BCUT2D eigenvalue weighted by molar-refractivity contribution is 5.77. The molecule has 1 aliphatic rings. The van der Waals surface area contributed by atoms with E-state index in [1.807, 2.05) is 0 Å². The maximum atomic E-state index is 13.0. The van der Waals surface area contributed by atoms with Crippen LogP contribution in [0.3, 0.4) is 0 Å². The molecule has 0 radical (unpaired) electrons. The number of ether oxygens (including phenoxy) is 1. The molecular formula is C13H16F2N2O2. The Labute approximate surface area is 110 Å². The van der Waals surface area contributed by atoms with Gasteiger partial charge in [0.25, 0.3) is 5.91 Å². The topological polar surface area (TPSA) is 41.6 Å². The van der Waals surface area contributed by atoms with Gasteiger partial charge in [-0.3, -0.25) is 4.79 Å². The van der Waals surface area contributed by atoms with E-state index in [0.717, 1.165) is 31.6 Å². The number of halogens is 2. The molecule has 1 amide bonds. The highest BCUT2D eigenvalue weighted by Crippen LogP contribution is 2.15. The number of carbonyl (C=O) groups excluding carboxylic acids is 1. The van der Waals surface area contributed by atoms with Gasteiger partial charge in [-0.15, -0.1) is 0 Å². The van der Waals surface area contributed by atoms with Gasteiger partial charge in [-0.1, -0.05) is 0 Å². The summed E-state index contributed by atoms with van der Waals surface area (Å²) in [5, 5.41) is 3.19. The second-order valence-electron chi connectivity index (χ2n) is 4.35. The fourth-order valence-electron chi connectivity index (χ4n) is 1.90. The smallest absolute Gasteiger partial charge is 0.260 e. The fraction of sp³-hybridized carbons (Fsp3) is 0.462. The first-order valence-electron chi connectivity index (χ1n) is 6.23. The van der Waals surface area contributed by atoms with Gasteiger partial charge in [0.2, 0.25) is 0 Å². The first kappa shape index (κ1) is 13.7. The van der Waals surface area contributed by atoms with E-state index in [2.05, 4.69) is 5.32 Å². The van der Waals surface area contributed by atoms with Gasteiger partial charge < -0.3 is 15.0 Å². The van der Waals surface area contributed by atoms with Gasteiger partial charge in [0.15, 0.2) is 18.2 Å². The Morgan fingerprint density at radius 3 is 2.89 bits per heavy atom. The molecular weight excluding hydrogens is 254 g/mol. The number of amides is 1. The van der Waals surface area contributed by atoms with Gasteiger partial charge in [-0.2, -0.15) is 0 Å². The van der Waals surface area contributed by atoms with Crippen LogP contribution in [0, 0.1) is 11.6 Å². The highest BCUT2D eigenvalue weighted by Gasteiger charge is 2.15. The van der Waals surface area contributed by atoms with Crippen LogP contribution in [-0.2, 0) is 4.79 Å². The molecule has 0 aromatic heterocycles. The van der Waals surface area contributed by atoms with Crippen LogP contribution in [0.5, 0.6) is 5.75 Å². The van der Waals surface area contributed by atoms with E-state index in [1.54, 1.807) is 4.90 Å². The van der Waals surface area contributed by atoms with Crippen molar-refractivity contribution in [2.75, 3.05) is 32.8 Å². The summed E-state index contributed by atoms with van der Waals surface area (Å²) in [6, 6.07) is 3.22. The Morgan fingerprint density at radius 2 is 2.11 bits per heavy atom. The summed E-state index contributed by atoms with van der Waals surface area (Å²) < 4.78 is 30.9. The molecule has 2 rings (SSSR count). The van der Waals surface area contributed by atoms with Crippen molar-refractivity contribution in [2.45, 2.75) is 6.42 Å². The molecule has 4 nitrogen and oxygen atoms in total. The fourth-order valence-corrected chi connectivity index (χ4v) is 1.90. The largest absolute Gasteiger partial charge is 0.484 e. The zero-order chi connectivity index (χ0) is 13.7. The molecule has 1 heterocycles. The van der Waals surface area contributed by atoms with Crippen LogP contribution in [0.1, 0.15) is 6.42 Å². The Hall–Kier alpha value is -1.69. The van der Waals surface area contributed by atoms with Gasteiger partial charge in [0, 0.05) is 25.7 Å². The minimum atomic E-state index is -0.982. The lowest BCUT2D eigenvalue weighted by atomic mass is 10.3. The zero-order valence-electron chi connectivity index (χ0n) is 10.5. The Bertz CT molecular complexity index is 446. The third-order valence-electron chi connectivity index (χ3n) is 2.95. The third kappa shape index (κ3) is 3.89. The van der Waals surface area contributed by atoms with Crippen molar-refractivity contribution in [1.29, 1.82) is 0 Å². The molecule has 1 aromatic rings. The third-order valence-corrected chi connectivity index (χ3v) is 2.95. The maximum absolute atomic E-state index is 13.0. The zero-order valence-corrected chi connectivity index (χ0v) is 10.5. The van der Waals surface area contributed by atoms with Crippen LogP contribution in [0.25, 0.3) is 0 Å². The van der Waals surface area contributed by atoms with Crippen molar-refractivity contribution in [3.8, 4) is 5.75 Å². The quantitative estimate of drug-likeness (QED) is 0.896. The summed E-state index contributed by atoms with van der Waals surface area (Å²) in [6.45, 7) is 2.82. The summed E-state index contributed by atoms with van der Waals surface area (Å²) in [5.74, 6) is -1.91. The summed E-state index contributed by atoms with van der Waals surface area (Å²) in [7, 11) is 0. The van der Waals surface area contributed by atoms with E-state index in [1.165, 1.54) is 6.07 Å². The molecule has 0 saturated carbocycles. The number of nitrogens with zero attached hydrogens (tertiary/aromatic N) is 1. The number of hydrogen-bond acceptors (Lipinski definition) is 3. The summed E-state index contributed by atoms with van der Waals surface area (Å²) in [6.07, 6.45) is 0.900. The van der Waals surface area contributed by atoms with Gasteiger partial charge >= 0.3 is 0 Å². The second-order valence-corrected chi connectivity index (χ2v) is 4.35. The van der Waals surface area contributed by atoms with Crippen LogP contribution in [0.2, 0.25) is 0 Å². The maximum Gasteiger partial charge on any atom is 0.260 e. The van der Waals surface area contributed by atoms with Crippen LogP contribution in [0.4, 0.5) is 8.78 Å².